The van der Waals surface area contributed by atoms with Crippen LogP contribution in [0.3, 0.4) is 0 Å². The summed E-state index contributed by atoms with van der Waals surface area (Å²) >= 11 is 0. The van der Waals surface area contributed by atoms with E-state index in [9.17, 15) is 4.79 Å². The minimum atomic E-state index is 0.0723. The Labute approximate surface area is 165 Å². The number of methoxy groups -OCH3 is 2. The molecule has 1 amide bonds. The van der Waals surface area contributed by atoms with Gasteiger partial charge in [-0.2, -0.15) is 0 Å². The number of hydrogen-bond acceptors (Lipinski definition) is 6. The van der Waals surface area contributed by atoms with Gasteiger partial charge in [0.1, 0.15) is 12.4 Å². The average molecular weight is 387 g/mol. The number of amides is 1. The highest BCUT2D eigenvalue weighted by atomic mass is 16.5. The molecule has 2 N–H and O–H groups in total. The van der Waals surface area contributed by atoms with Crippen LogP contribution in [0.25, 0.3) is 0 Å². The molecule has 2 atom stereocenters. The minimum Gasteiger partial charge on any atom is -0.496 e. The van der Waals surface area contributed by atoms with Crippen molar-refractivity contribution >= 4 is 5.91 Å². The van der Waals surface area contributed by atoms with Gasteiger partial charge in [-0.05, 0) is 43.8 Å². The Bertz CT molecular complexity index is 762. The zero-order valence-corrected chi connectivity index (χ0v) is 16.6. The molecule has 2 heterocycles. The molecule has 1 fully saturated rings. The van der Waals surface area contributed by atoms with E-state index in [1.165, 1.54) is 0 Å². The quantitative estimate of drug-likeness (QED) is 0.687. The van der Waals surface area contributed by atoms with E-state index in [1.54, 1.807) is 14.2 Å². The molecule has 0 aliphatic carbocycles. The Hall–Kier alpha value is -2.38. The van der Waals surface area contributed by atoms with Crippen LogP contribution < -0.4 is 15.4 Å². The van der Waals surface area contributed by atoms with Crippen LogP contribution in [0.4, 0.5) is 0 Å². The van der Waals surface area contributed by atoms with Crippen LogP contribution in [-0.4, -0.2) is 38.4 Å². The highest BCUT2D eigenvalue weighted by Gasteiger charge is 2.28. The smallest absolute Gasteiger partial charge is 0.220 e. The van der Waals surface area contributed by atoms with E-state index in [-0.39, 0.29) is 5.91 Å². The monoisotopic (exact) mass is 387 g/mol. The maximum absolute atomic E-state index is 12.5. The molecule has 0 unspecified atom stereocenters. The third-order valence-electron chi connectivity index (χ3n) is 5.25. The normalized spacial score (nSPS) is 19.4. The third-order valence-corrected chi connectivity index (χ3v) is 5.25. The second-order valence-electron chi connectivity index (χ2n) is 7.23. The van der Waals surface area contributed by atoms with Gasteiger partial charge in [0.25, 0.3) is 0 Å². The number of rotatable bonds is 9. The fourth-order valence-corrected chi connectivity index (χ4v) is 3.77. The molecule has 7 heteroatoms. The largest absolute Gasteiger partial charge is 0.496 e. The molecule has 2 aromatic rings. The first-order valence-electron chi connectivity index (χ1n) is 9.72. The van der Waals surface area contributed by atoms with Gasteiger partial charge in [-0.1, -0.05) is 23.4 Å². The highest BCUT2D eigenvalue weighted by molar-refractivity contribution is 5.76. The molecule has 1 aliphatic heterocycles. The number of benzene rings is 1. The van der Waals surface area contributed by atoms with E-state index in [4.69, 9.17) is 14.0 Å². The summed E-state index contributed by atoms with van der Waals surface area (Å²) in [7, 11) is 3.27. The number of carbonyl (C=O) groups excluding carboxylic acids is 1. The van der Waals surface area contributed by atoms with Crippen molar-refractivity contribution in [2.75, 3.05) is 27.3 Å². The standard InChI is InChI=1S/C21H29N3O4/c1-26-14-19-11-18(24-28-19)9-17-12-22-8-7-15(17)10-21(25)23-13-16-5-3-4-6-20(16)27-2/h3-6,11,15,17,22H,7-10,12-14H2,1-2H3,(H,23,25)/t15-,17-/m0/s1. The van der Waals surface area contributed by atoms with E-state index >= 15 is 0 Å². The van der Waals surface area contributed by atoms with E-state index < -0.39 is 0 Å². The molecule has 0 bridgehead atoms. The number of nitrogens with zero attached hydrogens (tertiary/aromatic N) is 1. The summed E-state index contributed by atoms with van der Waals surface area (Å²) in [5.41, 5.74) is 1.90. The molecular formula is C21H29N3O4. The lowest BCUT2D eigenvalue weighted by Gasteiger charge is -2.31. The van der Waals surface area contributed by atoms with E-state index in [2.05, 4.69) is 15.8 Å². The van der Waals surface area contributed by atoms with Crippen LogP contribution >= 0.6 is 0 Å². The van der Waals surface area contributed by atoms with Gasteiger partial charge in [0.05, 0.1) is 12.8 Å². The molecule has 1 aromatic carbocycles. The van der Waals surface area contributed by atoms with Gasteiger partial charge in [0, 0.05) is 31.7 Å². The summed E-state index contributed by atoms with van der Waals surface area (Å²) in [4.78, 5) is 12.5. The number of nitrogens with one attached hydrogen (secondary N) is 2. The van der Waals surface area contributed by atoms with Crippen LogP contribution in [0.1, 0.15) is 29.9 Å². The van der Waals surface area contributed by atoms with E-state index in [0.29, 0.717) is 31.4 Å². The fraction of sp³-hybridized carbons (Fsp3) is 0.524. The summed E-state index contributed by atoms with van der Waals surface area (Å²) < 4.78 is 15.7. The first kappa shape index (κ1) is 20.4. The minimum absolute atomic E-state index is 0.0723. The molecule has 152 valence electrons. The van der Waals surface area contributed by atoms with Crippen LogP contribution in [0.5, 0.6) is 5.75 Å². The van der Waals surface area contributed by atoms with E-state index in [1.807, 2.05) is 30.3 Å². The molecule has 1 saturated heterocycles. The van der Waals surface area contributed by atoms with E-state index in [0.717, 1.165) is 48.7 Å². The van der Waals surface area contributed by atoms with Crippen molar-refractivity contribution in [3.8, 4) is 5.75 Å². The molecular weight excluding hydrogens is 358 g/mol. The Balaban J connectivity index is 1.53. The predicted molar refractivity (Wildman–Crippen MR) is 105 cm³/mol. The Morgan fingerprint density at radius 2 is 2.18 bits per heavy atom. The van der Waals surface area contributed by atoms with Gasteiger partial charge >= 0.3 is 0 Å². The highest BCUT2D eigenvalue weighted by Crippen LogP contribution is 2.26. The Kier molecular flexibility index (Phi) is 7.45. The van der Waals surface area contributed by atoms with Crippen LogP contribution in [0.15, 0.2) is 34.9 Å². The first-order chi connectivity index (χ1) is 13.7. The molecule has 28 heavy (non-hydrogen) atoms. The van der Waals surface area contributed by atoms with Gasteiger partial charge < -0.3 is 24.6 Å². The summed E-state index contributed by atoms with van der Waals surface area (Å²) in [5.74, 6) is 2.27. The number of piperidine rings is 1. The van der Waals surface area contributed by atoms with Gasteiger partial charge in [-0.3, -0.25) is 4.79 Å². The zero-order valence-electron chi connectivity index (χ0n) is 16.6. The van der Waals surface area contributed by atoms with Crippen molar-refractivity contribution in [3.63, 3.8) is 0 Å². The lowest BCUT2D eigenvalue weighted by molar-refractivity contribution is -0.122. The van der Waals surface area contributed by atoms with Crippen molar-refractivity contribution in [3.05, 3.63) is 47.3 Å². The molecule has 0 spiro atoms. The maximum atomic E-state index is 12.5. The summed E-state index contributed by atoms with van der Waals surface area (Å²) in [5, 5.41) is 10.6. The van der Waals surface area contributed by atoms with Gasteiger partial charge in [-0.15, -0.1) is 0 Å². The second-order valence-corrected chi connectivity index (χ2v) is 7.23. The van der Waals surface area contributed by atoms with Gasteiger partial charge in [0.2, 0.25) is 5.91 Å². The number of ether oxygens (including phenoxy) is 2. The number of hydrogen-bond donors (Lipinski definition) is 2. The van der Waals surface area contributed by atoms with Crippen LogP contribution in [0.2, 0.25) is 0 Å². The number of aromatic nitrogens is 1. The summed E-state index contributed by atoms with van der Waals surface area (Å²) in [6, 6.07) is 9.68. The van der Waals surface area contributed by atoms with Crippen LogP contribution in [0, 0.1) is 11.8 Å². The molecule has 0 radical (unpaired) electrons. The lowest BCUT2D eigenvalue weighted by Crippen LogP contribution is -2.40. The fourth-order valence-electron chi connectivity index (χ4n) is 3.77. The Morgan fingerprint density at radius 1 is 1.32 bits per heavy atom. The van der Waals surface area contributed by atoms with Crippen molar-refractivity contribution in [2.45, 2.75) is 32.4 Å². The van der Waals surface area contributed by atoms with Gasteiger partial charge in [-0.25, -0.2) is 0 Å². The first-order valence-corrected chi connectivity index (χ1v) is 9.72. The summed E-state index contributed by atoms with van der Waals surface area (Å²) in [6.07, 6.45) is 2.30. The van der Waals surface area contributed by atoms with Crippen molar-refractivity contribution in [2.24, 2.45) is 11.8 Å². The van der Waals surface area contributed by atoms with Crippen LogP contribution in [-0.2, 0) is 29.1 Å². The summed E-state index contributed by atoms with van der Waals surface area (Å²) in [6.45, 7) is 2.72. The van der Waals surface area contributed by atoms with Crippen molar-refractivity contribution in [1.82, 2.24) is 15.8 Å². The molecule has 1 aromatic heterocycles. The molecule has 3 rings (SSSR count). The van der Waals surface area contributed by atoms with Crippen molar-refractivity contribution in [1.29, 1.82) is 0 Å². The molecule has 7 nitrogen and oxygen atoms in total. The third kappa shape index (κ3) is 5.56. The zero-order chi connectivity index (χ0) is 19.8. The SMILES string of the molecule is COCc1cc(C[C@H]2CNCC[C@H]2CC(=O)NCc2ccccc2OC)no1. The number of para-hydroxylation sites is 1. The molecule has 1 aliphatic rings. The predicted octanol–water partition coefficient (Wildman–Crippen LogP) is 2.30. The lowest BCUT2D eigenvalue weighted by atomic mass is 9.81. The van der Waals surface area contributed by atoms with Crippen molar-refractivity contribution < 1.29 is 18.8 Å². The second kappa shape index (κ2) is 10.2. The Morgan fingerprint density at radius 3 is 3.00 bits per heavy atom. The molecule has 0 saturated carbocycles. The average Bonchev–Trinajstić information content (AvgIpc) is 3.15. The topological polar surface area (TPSA) is 85.6 Å². The van der Waals surface area contributed by atoms with Gasteiger partial charge in [0.15, 0.2) is 5.76 Å². The number of carbonyl (C=O) groups is 1. The maximum Gasteiger partial charge on any atom is 0.220 e.